The summed E-state index contributed by atoms with van der Waals surface area (Å²) in [4.78, 5) is 50.9. The second-order valence-corrected chi connectivity index (χ2v) is 13.1. The third-order valence-corrected chi connectivity index (χ3v) is 8.85. The van der Waals surface area contributed by atoms with Gasteiger partial charge in [-0.3, -0.25) is 24.2 Å². The normalized spacial score (nSPS) is 18.5. The number of amides is 3. The summed E-state index contributed by atoms with van der Waals surface area (Å²) in [5.41, 5.74) is -0.471. The van der Waals surface area contributed by atoms with E-state index in [1.165, 1.54) is 30.5 Å². The number of anilines is 2. The van der Waals surface area contributed by atoms with Crippen LogP contribution in [0.25, 0.3) is 0 Å². The zero-order chi connectivity index (χ0) is 32.7. The van der Waals surface area contributed by atoms with Crippen molar-refractivity contribution in [1.29, 1.82) is 5.26 Å². The lowest BCUT2D eigenvalue weighted by Crippen LogP contribution is -2.56. The predicted molar refractivity (Wildman–Crippen MR) is 155 cm³/mol. The summed E-state index contributed by atoms with van der Waals surface area (Å²) in [6.07, 6.45) is 0.445. The molecule has 2 atom stereocenters. The molecule has 2 fully saturated rings. The highest BCUT2D eigenvalue weighted by Crippen LogP contribution is 2.40. The molecule has 0 radical (unpaired) electrons. The van der Waals surface area contributed by atoms with Gasteiger partial charge in [-0.05, 0) is 36.8 Å². The molecule has 1 saturated heterocycles. The molecule has 3 aromatic rings. The third-order valence-electron chi connectivity index (χ3n) is 7.41. The van der Waals surface area contributed by atoms with Crippen molar-refractivity contribution < 1.29 is 36.0 Å². The fraction of sp³-hybridized carbons (Fsp3) is 0.310. The molecule has 234 valence electrons. The molecule has 11 nitrogen and oxygen atoms in total. The van der Waals surface area contributed by atoms with Gasteiger partial charge < -0.3 is 5.32 Å². The third kappa shape index (κ3) is 6.62. The van der Waals surface area contributed by atoms with Crippen LogP contribution in [0.2, 0.25) is 5.02 Å². The Hall–Kier alpha value is -4.55. The van der Waals surface area contributed by atoms with Gasteiger partial charge in [0, 0.05) is 54.0 Å². The summed E-state index contributed by atoms with van der Waals surface area (Å²) in [5.74, 6) is -6.86. The highest BCUT2D eigenvalue weighted by Gasteiger charge is 2.49. The number of rotatable bonds is 8. The summed E-state index contributed by atoms with van der Waals surface area (Å²) < 4.78 is 67.3. The minimum Gasteiger partial charge on any atom is -0.351 e. The number of alkyl halides is 2. The van der Waals surface area contributed by atoms with Crippen LogP contribution in [0.15, 0.2) is 59.6 Å². The number of benzene rings is 2. The Morgan fingerprint density at radius 2 is 1.91 bits per heavy atom. The van der Waals surface area contributed by atoms with Crippen molar-refractivity contribution in [1.82, 2.24) is 15.3 Å². The molecule has 5 rings (SSSR count). The van der Waals surface area contributed by atoms with E-state index in [4.69, 9.17) is 11.6 Å². The van der Waals surface area contributed by atoms with Gasteiger partial charge in [0.25, 0.3) is 11.8 Å². The average molecular weight is 661 g/mol. The average Bonchev–Trinajstić information content (AvgIpc) is 3.35. The first-order valence-electron chi connectivity index (χ1n) is 13.5. The second kappa shape index (κ2) is 12.1. The molecular weight excluding hydrogens is 637 g/mol. The van der Waals surface area contributed by atoms with E-state index in [0.29, 0.717) is 0 Å². The Morgan fingerprint density at radius 1 is 1.20 bits per heavy atom. The highest BCUT2D eigenvalue weighted by molar-refractivity contribution is 7.90. The van der Waals surface area contributed by atoms with Crippen molar-refractivity contribution in [2.75, 3.05) is 16.1 Å². The van der Waals surface area contributed by atoms with E-state index in [9.17, 15) is 36.8 Å². The minimum atomic E-state index is -4.04. The SMILES string of the molecule is CS(=O)(=O)c1cc(F)cc(N(C(=O)C2CCC(=O)N2c2nccc(C#N)n2)[C@H](C(=O)NC2CC(F)(F)C2)c2ccccc2Cl)c1. The van der Waals surface area contributed by atoms with Crippen LogP contribution in [0.5, 0.6) is 0 Å². The Kier molecular flexibility index (Phi) is 8.56. The van der Waals surface area contributed by atoms with Crippen LogP contribution in [0.4, 0.5) is 24.8 Å². The zero-order valence-electron chi connectivity index (χ0n) is 23.5. The number of aromatic nitrogens is 2. The Labute approximate surface area is 260 Å². The first-order valence-corrected chi connectivity index (χ1v) is 15.8. The first-order chi connectivity index (χ1) is 21.2. The molecule has 1 unspecified atom stereocenters. The van der Waals surface area contributed by atoms with Gasteiger partial charge in [-0.15, -0.1) is 0 Å². The lowest BCUT2D eigenvalue weighted by molar-refractivity contribution is -0.133. The number of nitriles is 1. The number of nitrogens with zero attached hydrogens (tertiary/aromatic N) is 5. The van der Waals surface area contributed by atoms with Gasteiger partial charge in [0.2, 0.25) is 17.8 Å². The number of sulfone groups is 1. The van der Waals surface area contributed by atoms with E-state index in [-0.39, 0.29) is 40.8 Å². The lowest BCUT2D eigenvalue weighted by atomic mass is 9.87. The van der Waals surface area contributed by atoms with Gasteiger partial charge in [0.05, 0.1) is 4.90 Å². The van der Waals surface area contributed by atoms with Crippen LogP contribution in [0.1, 0.15) is 43.0 Å². The van der Waals surface area contributed by atoms with E-state index in [1.54, 1.807) is 6.07 Å². The van der Waals surface area contributed by atoms with Gasteiger partial charge in [-0.2, -0.15) is 5.26 Å². The van der Waals surface area contributed by atoms with E-state index in [0.717, 1.165) is 34.3 Å². The molecule has 2 aromatic carbocycles. The van der Waals surface area contributed by atoms with Crippen molar-refractivity contribution in [2.24, 2.45) is 0 Å². The molecule has 1 saturated carbocycles. The molecule has 1 N–H and O–H groups in total. The molecule has 1 aromatic heterocycles. The standard InChI is InChI=1S/C29H24ClF3N6O5S/c1-45(43,44)20-11-16(31)10-19(12-20)38(27(42)23-6-7-24(40)39(23)28-35-9-8-17(15-34)37-28)25(21-4-2-3-5-22(21)30)26(41)36-18-13-29(32,33)14-18/h2-5,8-12,18,23,25H,6-7,13-14H2,1H3,(H,36,41)/t23?,25-/m0/s1. The Morgan fingerprint density at radius 3 is 2.56 bits per heavy atom. The van der Waals surface area contributed by atoms with Crippen molar-refractivity contribution in [2.45, 2.75) is 54.6 Å². The maximum absolute atomic E-state index is 15.0. The number of hydrogen-bond acceptors (Lipinski definition) is 8. The van der Waals surface area contributed by atoms with Crippen molar-refractivity contribution in [3.8, 4) is 6.07 Å². The zero-order valence-corrected chi connectivity index (χ0v) is 25.0. The number of halogens is 4. The van der Waals surface area contributed by atoms with Gasteiger partial charge >= 0.3 is 0 Å². The molecule has 2 aliphatic rings. The van der Waals surface area contributed by atoms with Gasteiger partial charge in [-0.25, -0.2) is 31.6 Å². The summed E-state index contributed by atoms with van der Waals surface area (Å²) in [6.45, 7) is 0. The minimum absolute atomic E-state index is 0.0138. The van der Waals surface area contributed by atoms with E-state index in [1.807, 2.05) is 6.07 Å². The molecule has 0 spiro atoms. The number of carbonyl (C=O) groups excluding carboxylic acids is 3. The van der Waals surface area contributed by atoms with Crippen LogP contribution in [-0.2, 0) is 24.2 Å². The topological polar surface area (TPSA) is 153 Å². The molecule has 3 amide bonds. The molecule has 1 aliphatic heterocycles. The van der Waals surface area contributed by atoms with E-state index in [2.05, 4.69) is 15.3 Å². The molecule has 16 heteroatoms. The number of carbonyl (C=O) groups is 3. The van der Waals surface area contributed by atoms with Crippen molar-refractivity contribution >= 4 is 50.8 Å². The second-order valence-electron chi connectivity index (χ2n) is 10.7. The predicted octanol–water partition coefficient (Wildman–Crippen LogP) is 3.73. The molecule has 2 heterocycles. The van der Waals surface area contributed by atoms with E-state index >= 15 is 4.39 Å². The molecular formula is C29H24ClF3N6O5S. The van der Waals surface area contributed by atoms with Crippen molar-refractivity contribution in [3.63, 3.8) is 0 Å². The highest BCUT2D eigenvalue weighted by atomic mass is 35.5. The largest absolute Gasteiger partial charge is 0.351 e. The summed E-state index contributed by atoms with van der Waals surface area (Å²) in [5, 5.41) is 11.8. The van der Waals surface area contributed by atoms with Gasteiger partial charge in [-0.1, -0.05) is 29.8 Å². The van der Waals surface area contributed by atoms with Crippen LogP contribution in [0, 0.1) is 17.1 Å². The molecule has 45 heavy (non-hydrogen) atoms. The number of hydrogen-bond donors (Lipinski definition) is 1. The monoisotopic (exact) mass is 660 g/mol. The van der Waals surface area contributed by atoms with Crippen LogP contribution >= 0.6 is 11.6 Å². The van der Waals surface area contributed by atoms with Crippen molar-refractivity contribution in [3.05, 3.63) is 76.8 Å². The van der Waals surface area contributed by atoms with E-state index < -0.39 is 75.2 Å². The maximum Gasteiger partial charge on any atom is 0.252 e. The fourth-order valence-corrected chi connectivity index (χ4v) is 6.20. The summed E-state index contributed by atoms with van der Waals surface area (Å²) in [7, 11) is -4.04. The molecule has 0 bridgehead atoms. The summed E-state index contributed by atoms with van der Waals surface area (Å²) >= 11 is 6.48. The Balaban J connectivity index is 1.69. The molecule has 1 aliphatic carbocycles. The smallest absolute Gasteiger partial charge is 0.252 e. The van der Waals surface area contributed by atoms with Gasteiger partial charge in [0.15, 0.2) is 9.84 Å². The first kappa shape index (κ1) is 31.9. The Bertz CT molecular complexity index is 1850. The van der Waals surface area contributed by atoms with Gasteiger partial charge in [0.1, 0.15) is 29.7 Å². The summed E-state index contributed by atoms with van der Waals surface area (Å²) in [6, 6.07) is 7.41. The van der Waals surface area contributed by atoms with Crippen LogP contribution in [-0.4, -0.2) is 60.4 Å². The van der Waals surface area contributed by atoms with Crippen LogP contribution < -0.4 is 15.1 Å². The number of nitrogens with one attached hydrogen (secondary N) is 1. The lowest BCUT2D eigenvalue weighted by Gasteiger charge is -2.39. The quantitative estimate of drug-likeness (QED) is 0.384. The maximum atomic E-state index is 15.0. The fourth-order valence-electron chi connectivity index (χ4n) is 5.30. The van der Waals surface area contributed by atoms with Crippen LogP contribution in [0.3, 0.4) is 0 Å².